The summed E-state index contributed by atoms with van der Waals surface area (Å²) in [4.78, 5) is 5.42. The lowest BCUT2D eigenvalue weighted by molar-refractivity contribution is 0.135. The quantitative estimate of drug-likeness (QED) is 0.0646. The Balaban J connectivity index is 2.10. The Kier molecular flexibility index (Phi) is 31.7. The van der Waals surface area contributed by atoms with Crippen LogP contribution < -0.4 is 0 Å². The summed E-state index contributed by atoms with van der Waals surface area (Å²) in [5, 5.41) is 0. The first-order valence-electron chi connectivity index (χ1n) is 21.0. The average molecular weight is 617 g/mol. The minimum Gasteiger partial charge on any atom is -0.356 e. The molecule has 44 heavy (non-hydrogen) atoms. The molecule has 1 unspecified atom stereocenters. The first-order chi connectivity index (χ1) is 21.8. The van der Waals surface area contributed by atoms with Crippen molar-refractivity contribution in [2.45, 2.75) is 245 Å². The van der Waals surface area contributed by atoms with Crippen LogP contribution in [0.5, 0.6) is 0 Å². The van der Waals surface area contributed by atoms with Crippen molar-refractivity contribution in [3.63, 3.8) is 0 Å². The molecule has 0 aromatic rings. The third-order valence-electron chi connectivity index (χ3n) is 10.3. The lowest BCUT2D eigenvalue weighted by atomic mass is 10.0. The molecule has 2 heteroatoms. The van der Waals surface area contributed by atoms with Gasteiger partial charge >= 0.3 is 0 Å². The highest BCUT2D eigenvalue weighted by Gasteiger charge is 2.24. The molecule has 262 valence electrons. The molecule has 0 fully saturated rings. The Morgan fingerprint density at radius 3 is 0.795 bits per heavy atom. The summed E-state index contributed by atoms with van der Waals surface area (Å²) in [6.07, 6.45) is 54.4. The number of hydrogen-bond acceptors (Lipinski definition) is 2. The first-order valence-corrected chi connectivity index (χ1v) is 21.0. The summed E-state index contributed by atoms with van der Waals surface area (Å²) in [6.45, 7) is 9.49. The molecule has 1 rings (SSSR count). The predicted octanol–water partition coefficient (Wildman–Crippen LogP) is 14.7. The predicted molar refractivity (Wildman–Crippen MR) is 200 cm³/mol. The highest BCUT2D eigenvalue weighted by atomic mass is 15.4. The van der Waals surface area contributed by atoms with E-state index < -0.39 is 0 Å². The van der Waals surface area contributed by atoms with Crippen LogP contribution in [0.3, 0.4) is 0 Å². The van der Waals surface area contributed by atoms with Gasteiger partial charge in [0.1, 0.15) is 6.17 Å². The van der Waals surface area contributed by atoms with E-state index in [4.69, 9.17) is 0 Å². The van der Waals surface area contributed by atoms with Gasteiger partial charge in [0.05, 0.1) is 0 Å². The minimum atomic E-state index is 0.639. The number of rotatable bonds is 36. The molecule has 0 N–H and O–H groups in total. The van der Waals surface area contributed by atoms with Gasteiger partial charge in [0.25, 0.3) is 0 Å². The second kappa shape index (κ2) is 33.7. The van der Waals surface area contributed by atoms with Crippen LogP contribution in [0.4, 0.5) is 0 Å². The molecule has 0 saturated heterocycles. The standard InChI is InChI=1S/C42H84N2/c1-4-7-10-13-15-17-19-21-22-24-26-28-30-33-36-39-44-41-40-43(42(44)37-34-31-12-9-6-3)38-35-32-29-27-25-23-20-18-16-14-11-8-5-2/h40-42H,4-39H2,1-3H3. The zero-order valence-electron chi connectivity index (χ0n) is 31.1. The van der Waals surface area contributed by atoms with Crippen molar-refractivity contribution in [1.82, 2.24) is 9.80 Å². The second-order valence-corrected chi connectivity index (χ2v) is 14.6. The van der Waals surface area contributed by atoms with Crippen molar-refractivity contribution in [2.75, 3.05) is 13.1 Å². The van der Waals surface area contributed by atoms with E-state index in [-0.39, 0.29) is 0 Å². The van der Waals surface area contributed by atoms with E-state index in [2.05, 4.69) is 43.0 Å². The van der Waals surface area contributed by atoms with E-state index in [1.54, 1.807) is 0 Å². The van der Waals surface area contributed by atoms with Gasteiger partial charge in [-0.1, -0.05) is 213 Å². The summed E-state index contributed by atoms with van der Waals surface area (Å²) in [5.74, 6) is 0. The molecule has 1 aliphatic rings. The van der Waals surface area contributed by atoms with Crippen LogP contribution in [-0.2, 0) is 0 Å². The molecule has 0 amide bonds. The van der Waals surface area contributed by atoms with Crippen LogP contribution in [0.1, 0.15) is 239 Å². The van der Waals surface area contributed by atoms with E-state index in [0.717, 1.165) is 0 Å². The smallest absolute Gasteiger partial charge is 0.101 e. The molecule has 0 bridgehead atoms. The molecular formula is C42H84N2. The van der Waals surface area contributed by atoms with Gasteiger partial charge in [-0.15, -0.1) is 0 Å². The molecule has 0 spiro atoms. The normalized spacial score (nSPS) is 14.8. The van der Waals surface area contributed by atoms with Crippen molar-refractivity contribution in [3.05, 3.63) is 12.4 Å². The SMILES string of the molecule is CCCCCCCCCCCCCCCCCN1C=CN(CCCCCCCCCCCCCCC)C1CCCCCCC. The maximum Gasteiger partial charge on any atom is 0.101 e. The fourth-order valence-corrected chi connectivity index (χ4v) is 7.25. The van der Waals surface area contributed by atoms with E-state index in [0.29, 0.717) is 6.17 Å². The number of hydrogen-bond donors (Lipinski definition) is 0. The highest BCUT2D eigenvalue weighted by molar-refractivity contribution is 4.97. The van der Waals surface area contributed by atoms with Gasteiger partial charge in [-0.3, -0.25) is 0 Å². The minimum absolute atomic E-state index is 0.639. The lowest BCUT2D eigenvalue weighted by Crippen LogP contribution is -2.39. The van der Waals surface area contributed by atoms with Crippen LogP contribution >= 0.6 is 0 Å². The summed E-state index contributed by atoms with van der Waals surface area (Å²) in [7, 11) is 0. The lowest BCUT2D eigenvalue weighted by Gasteiger charge is -2.33. The van der Waals surface area contributed by atoms with Crippen LogP contribution in [-0.4, -0.2) is 29.1 Å². The molecule has 0 aromatic heterocycles. The highest BCUT2D eigenvalue weighted by Crippen LogP contribution is 2.24. The fraction of sp³-hybridized carbons (Fsp3) is 0.952. The molecule has 1 aliphatic heterocycles. The zero-order valence-corrected chi connectivity index (χ0v) is 31.1. The largest absolute Gasteiger partial charge is 0.356 e. The molecule has 0 radical (unpaired) electrons. The van der Waals surface area contributed by atoms with Gasteiger partial charge in [0.2, 0.25) is 0 Å². The Morgan fingerprint density at radius 1 is 0.295 bits per heavy atom. The van der Waals surface area contributed by atoms with Crippen LogP contribution in [0.15, 0.2) is 12.4 Å². The summed E-state index contributed by atoms with van der Waals surface area (Å²) in [6, 6.07) is 0. The van der Waals surface area contributed by atoms with Gasteiger partial charge in [-0.25, -0.2) is 0 Å². The average Bonchev–Trinajstić information content (AvgIpc) is 3.42. The topological polar surface area (TPSA) is 6.48 Å². The number of unbranched alkanes of at least 4 members (excludes halogenated alkanes) is 30. The van der Waals surface area contributed by atoms with Gasteiger partial charge in [0.15, 0.2) is 0 Å². The van der Waals surface area contributed by atoms with E-state index in [1.165, 1.54) is 231 Å². The Bertz CT molecular complexity index is 572. The molecule has 1 heterocycles. The van der Waals surface area contributed by atoms with Crippen LogP contribution in [0.2, 0.25) is 0 Å². The maximum atomic E-state index is 2.71. The number of nitrogens with zero attached hydrogens (tertiary/aromatic N) is 2. The third kappa shape index (κ3) is 25.5. The summed E-state index contributed by atoms with van der Waals surface area (Å²) < 4.78 is 0. The van der Waals surface area contributed by atoms with E-state index in [9.17, 15) is 0 Å². The van der Waals surface area contributed by atoms with E-state index in [1.807, 2.05) is 0 Å². The Labute approximate surface area is 280 Å². The van der Waals surface area contributed by atoms with Gasteiger partial charge in [0, 0.05) is 25.5 Å². The van der Waals surface area contributed by atoms with Crippen molar-refractivity contribution in [3.8, 4) is 0 Å². The monoisotopic (exact) mass is 617 g/mol. The van der Waals surface area contributed by atoms with Crippen molar-refractivity contribution >= 4 is 0 Å². The summed E-state index contributed by atoms with van der Waals surface area (Å²) >= 11 is 0. The molecule has 0 saturated carbocycles. The van der Waals surface area contributed by atoms with Gasteiger partial charge in [-0.05, 0) is 25.7 Å². The van der Waals surface area contributed by atoms with Gasteiger partial charge in [-0.2, -0.15) is 0 Å². The molecule has 0 aliphatic carbocycles. The third-order valence-corrected chi connectivity index (χ3v) is 10.3. The maximum absolute atomic E-state index is 2.71. The van der Waals surface area contributed by atoms with Crippen molar-refractivity contribution < 1.29 is 0 Å². The van der Waals surface area contributed by atoms with Crippen LogP contribution in [0, 0.1) is 0 Å². The Hall–Kier alpha value is -0.660. The Morgan fingerprint density at radius 2 is 0.523 bits per heavy atom. The van der Waals surface area contributed by atoms with Crippen LogP contribution in [0.25, 0.3) is 0 Å². The summed E-state index contributed by atoms with van der Waals surface area (Å²) in [5.41, 5.74) is 0. The second-order valence-electron chi connectivity index (χ2n) is 14.6. The molecular weight excluding hydrogens is 532 g/mol. The molecule has 2 nitrogen and oxygen atoms in total. The van der Waals surface area contributed by atoms with Gasteiger partial charge < -0.3 is 9.80 Å². The fourth-order valence-electron chi connectivity index (χ4n) is 7.25. The van der Waals surface area contributed by atoms with E-state index >= 15 is 0 Å². The zero-order chi connectivity index (χ0) is 31.6. The first kappa shape index (κ1) is 41.4. The molecule has 1 atom stereocenters. The van der Waals surface area contributed by atoms with Crippen molar-refractivity contribution in [2.24, 2.45) is 0 Å². The van der Waals surface area contributed by atoms with Crippen molar-refractivity contribution in [1.29, 1.82) is 0 Å². The molecule has 0 aromatic carbocycles.